The number of para-hydroxylation sites is 1. The Bertz CT molecular complexity index is 614. The minimum atomic E-state index is -0.950. The van der Waals surface area contributed by atoms with Gasteiger partial charge >= 0.3 is 11.8 Å². The van der Waals surface area contributed by atoms with Crippen LogP contribution in [0.15, 0.2) is 18.2 Å². The molecule has 0 radical (unpaired) electrons. The highest BCUT2D eigenvalue weighted by molar-refractivity contribution is 5.68. The minimum absolute atomic E-state index is 0.133. The van der Waals surface area contributed by atoms with Crippen molar-refractivity contribution in [1.82, 2.24) is 4.90 Å². The van der Waals surface area contributed by atoms with Gasteiger partial charge < -0.3 is 14.4 Å². The quantitative estimate of drug-likeness (QED) is 0.629. The van der Waals surface area contributed by atoms with Crippen LogP contribution < -0.4 is 4.74 Å². The largest absolute Gasteiger partial charge is 0.481 e. The maximum Gasteiger partial charge on any atom is 0.410 e. The van der Waals surface area contributed by atoms with Gasteiger partial charge in [0.05, 0.1) is 11.5 Å². The van der Waals surface area contributed by atoms with E-state index < -0.39 is 34.2 Å². The third-order valence-corrected chi connectivity index (χ3v) is 3.22. The molecule has 0 aromatic heterocycles. The number of ether oxygens (including phenoxy) is 2. The summed E-state index contributed by atoms with van der Waals surface area (Å²) < 4.78 is 24.4. The lowest BCUT2D eigenvalue weighted by molar-refractivity contribution is -0.388. The molecule has 0 aliphatic carbocycles. The van der Waals surface area contributed by atoms with Crippen molar-refractivity contribution < 1.29 is 23.6 Å². The van der Waals surface area contributed by atoms with Crippen molar-refractivity contribution in [2.75, 3.05) is 13.1 Å². The first kappa shape index (κ1) is 17.0. The van der Waals surface area contributed by atoms with Gasteiger partial charge in [0, 0.05) is 13.0 Å². The zero-order valence-electron chi connectivity index (χ0n) is 13.2. The number of rotatable bonds is 3. The number of carbonyl (C=O) groups is 1. The molecule has 23 heavy (non-hydrogen) atoms. The molecule has 2 rings (SSSR count). The highest BCUT2D eigenvalue weighted by atomic mass is 19.1. The summed E-state index contributed by atoms with van der Waals surface area (Å²) in [7, 11) is 0. The lowest BCUT2D eigenvalue weighted by Gasteiger charge is -2.24. The Hall–Kier alpha value is -2.38. The topological polar surface area (TPSA) is 81.9 Å². The van der Waals surface area contributed by atoms with Crippen molar-refractivity contribution >= 4 is 11.8 Å². The monoisotopic (exact) mass is 326 g/mol. The highest BCUT2D eigenvalue weighted by Gasteiger charge is 2.32. The van der Waals surface area contributed by atoms with Crippen LogP contribution in [0.1, 0.15) is 27.2 Å². The Labute approximate surface area is 133 Å². The number of nitro benzene ring substituents is 1. The summed E-state index contributed by atoms with van der Waals surface area (Å²) in [5.41, 5.74) is -1.29. The second-order valence-electron chi connectivity index (χ2n) is 6.30. The minimum Gasteiger partial charge on any atom is -0.481 e. The summed E-state index contributed by atoms with van der Waals surface area (Å²) in [6.45, 7) is 5.96. The lowest BCUT2D eigenvalue weighted by Crippen LogP contribution is -2.36. The Morgan fingerprint density at radius 2 is 2.13 bits per heavy atom. The van der Waals surface area contributed by atoms with Crippen LogP contribution in [-0.2, 0) is 4.74 Å². The van der Waals surface area contributed by atoms with E-state index >= 15 is 0 Å². The molecule has 0 saturated carbocycles. The van der Waals surface area contributed by atoms with E-state index in [0.717, 1.165) is 6.07 Å². The number of nitro groups is 1. The van der Waals surface area contributed by atoms with Crippen molar-refractivity contribution in [3.8, 4) is 5.75 Å². The van der Waals surface area contributed by atoms with Gasteiger partial charge in [-0.05, 0) is 32.9 Å². The van der Waals surface area contributed by atoms with E-state index in [2.05, 4.69) is 0 Å². The molecule has 7 nitrogen and oxygen atoms in total. The third kappa shape index (κ3) is 4.30. The molecule has 1 amide bonds. The number of benzene rings is 1. The number of likely N-dealkylation sites (tertiary alicyclic amines) is 1. The first-order chi connectivity index (χ1) is 10.7. The predicted molar refractivity (Wildman–Crippen MR) is 79.9 cm³/mol. The predicted octanol–water partition coefficient (Wildman–Crippen LogP) is 3.12. The third-order valence-electron chi connectivity index (χ3n) is 3.22. The molecule has 0 N–H and O–H groups in total. The smallest absolute Gasteiger partial charge is 0.410 e. The number of nitrogens with zero attached hydrogens (tertiary/aromatic N) is 2. The van der Waals surface area contributed by atoms with Crippen LogP contribution in [-0.4, -0.2) is 40.7 Å². The fourth-order valence-electron chi connectivity index (χ4n) is 2.26. The van der Waals surface area contributed by atoms with Crippen LogP contribution in [0.4, 0.5) is 14.9 Å². The average Bonchev–Trinajstić information content (AvgIpc) is 2.85. The van der Waals surface area contributed by atoms with E-state index in [9.17, 15) is 19.3 Å². The average molecular weight is 326 g/mol. The van der Waals surface area contributed by atoms with Crippen molar-refractivity contribution in [3.05, 3.63) is 34.1 Å². The second-order valence-corrected chi connectivity index (χ2v) is 6.30. The molecule has 8 heteroatoms. The van der Waals surface area contributed by atoms with Crippen molar-refractivity contribution in [1.29, 1.82) is 0 Å². The molecule has 126 valence electrons. The Morgan fingerprint density at radius 3 is 2.74 bits per heavy atom. The lowest BCUT2D eigenvalue weighted by atomic mass is 10.2. The zero-order valence-corrected chi connectivity index (χ0v) is 13.2. The standard InChI is InChI=1S/C15H19FN2O5/c1-15(2,3)23-14(19)17-8-7-10(9-17)22-12-6-4-5-11(16)13(12)18(20)21/h4-6,10H,7-9H2,1-3H3. The molecule has 1 aliphatic heterocycles. The van der Waals surface area contributed by atoms with Gasteiger partial charge in [-0.2, -0.15) is 4.39 Å². The van der Waals surface area contributed by atoms with Crippen LogP contribution in [0, 0.1) is 15.9 Å². The first-order valence-corrected chi connectivity index (χ1v) is 7.25. The Morgan fingerprint density at radius 1 is 1.43 bits per heavy atom. The van der Waals surface area contributed by atoms with E-state index in [1.165, 1.54) is 17.0 Å². The van der Waals surface area contributed by atoms with Gasteiger partial charge in [0.1, 0.15) is 11.7 Å². The van der Waals surface area contributed by atoms with Gasteiger partial charge in [0.2, 0.25) is 11.6 Å². The van der Waals surface area contributed by atoms with Crippen LogP contribution in [0.25, 0.3) is 0 Å². The fraction of sp³-hybridized carbons (Fsp3) is 0.533. The van der Waals surface area contributed by atoms with Gasteiger partial charge in [-0.1, -0.05) is 6.07 Å². The van der Waals surface area contributed by atoms with E-state index in [4.69, 9.17) is 9.47 Å². The number of amides is 1. The van der Waals surface area contributed by atoms with Gasteiger partial charge in [-0.25, -0.2) is 4.79 Å². The summed E-state index contributed by atoms with van der Waals surface area (Å²) in [6.07, 6.45) is -0.409. The molecule has 0 spiro atoms. The van der Waals surface area contributed by atoms with Gasteiger partial charge in [0.15, 0.2) is 0 Å². The van der Waals surface area contributed by atoms with Crippen molar-refractivity contribution in [2.24, 2.45) is 0 Å². The van der Waals surface area contributed by atoms with Crippen molar-refractivity contribution in [3.63, 3.8) is 0 Å². The van der Waals surface area contributed by atoms with Crippen LogP contribution >= 0.6 is 0 Å². The SMILES string of the molecule is CC(C)(C)OC(=O)N1CCC(Oc2cccc(F)c2[N+](=O)[O-])C1. The molecule has 0 bridgehead atoms. The van der Waals surface area contributed by atoms with E-state index in [0.29, 0.717) is 13.0 Å². The molecule has 1 aliphatic rings. The maximum absolute atomic E-state index is 13.6. The molecular weight excluding hydrogens is 307 g/mol. The summed E-state index contributed by atoms with van der Waals surface area (Å²) >= 11 is 0. The van der Waals surface area contributed by atoms with Gasteiger partial charge in [-0.3, -0.25) is 10.1 Å². The molecule has 1 aromatic rings. The van der Waals surface area contributed by atoms with Crippen molar-refractivity contribution in [2.45, 2.75) is 38.9 Å². The number of hydrogen-bond acceptors (Lipinski definition) is 5. The molecule has 1 fully saturated rings. The van der Waals surface area contributed by atoms with E-state index in [1.54, 1.807) is 20.8 Å². The molecule has 1 aromatic carbocycles. The van der Waals surface area contributed by atoms with Crippen LogP contribution in [0.5, 0.6) is 5.75 Å². The second kappa shape index (κ2) is 6.39. The Balaban J connectivity index is 2.03. The molecule has 1 atom stereocenters. The maximum atomic E-state index is 13.6. The number of hydrogen-bond donors (Lipinski definition) is 0. The summed E-state index contributed by atoms with van der Waals surface area (Å²) in [4.78, 5) is 23.6. The molecule has 1 saturated heterocycles. The van der Waals surface area contributed by atoms with E-state index in [1.807, 2.05) is 0 Å². The highest BCUT2D eigenvalue weighted by Crippen LogP contribution is 2.31. The zero-order chi connectivity index (χ0) is 17.2. The molecular formula is C15H19FN2O5. The Kier molecular flexibility index (Phi) is 4.72. The van der Waals surface area contributed by atoms with Gasteiger partial charge in [0.25, 0.3) is 0 Å². The van der Waals surface area contributed by atoms with E-state index in [-0.39, 0.29) is 12.3 Å². The summed E-state index contributed by atoms with van der Waals surface area (Å²) in [6, 6.07) is 3.70. The summed E-state index contributed by atoms with van der Waals surface area (Å²) in [5.74, 6) is -1.08. The first-order valence-electron chi connectivity index (χ1n) is 7.25. The summed E-state index contributed by atoms with van der Waals surface area (Å²) in [5, 5.41) is 10.9. The molecule has 1 unspecified atom stereocenters. The van der Waals surface area contributed by atoms with Gasteiger partial charge in [-0.15, -0.1) is 0 Å². The van der Waals surface area contributed by atoms with Crippen LogP contribution in [0.3, 0.4) is 0 Å². The number of halogens is 1. The van der Waals surface area contributed by atoms with Crippen LogP contribution in [0.2, 0.25) is 0 Å². The number of carbonyl (C=O) groups excluding carboxylic acids is 1. The normalized spacial score (nSPS) is 17.9. The fourth-order valence-corrected chi connectivity index (χ4v) is 2.26. The molecule has 1 heterocycles.